The van der Waals surface area contributed by atoms with E-state index in [-0.39, 0.29) is 24.5 Å². The van der Waals surface area contributed by atoms with E-state index < -0.39 is 40.3 Å². The largest absolute Gasteiger partial charge is 0.455 e. The first-order valence-corrected chi connectivity index (χ1v) is 13.3. The van der Waals surface area contributed by atoms with Gasteiger partial charge in [0, 0.05) is 20.1 Å². The summed E-state index contributed by atoms with van der Waals surface area (Å²) in [5.74, 6) is -2.03. The smallest absolute Gasteiger partial charge is 0.309 e. The lowest BCUT2D eigenvalue weighted by molar-refractivity contribution is -0.156. The van der Waals surface area contributed by atoms with Crippen molar-refractivity contribution in [1.29, 1.82) is 0 Å². The van der Waals surface area contributed by atoms with Crippen LogP contribution in [0.25, 0.3) is 0 Å². The van der Waals surface area contributed by atoms with Crippen LogP contribution in [0.3, 0.4) is 0 Å². The molecule has 0 aliphatic carbocycles. The average Bonchev–Trinajstić information content (AvgIpc) is 2.85. The van der Waals surface area contributed by atoms with Gasteiger partial charge in [0.1, 0.15) is 0 Å². The fourth-order valence-corrected chi connectivity index (χ4v) is 5.51. The molecule has 0 spiro atoms. The molecular formula is C25H30ClN3O6S. The van der Waals surface area contributed by atoms with Gasteiger partial charge >= 0.3 is 5.97 Å². The van der Waals surface area contributed by atoms with E-state index in [1.165, 1.54) is 11.4 Å². The number of halogens is 1. The van der Waals surface area contributed by atoms with Crippen molar-refractivity contribution in [2.45, 2.75) is 31.6 Å². The van der Waals surface area contributed by atoms with Crippen molar-refractivity contribution in [3.63, 3.8) is 0 Å². The number of carbonyl (C=O) groups is 3. The standard InChI is InChI=1S/C25H30ClN3O6S/c1-17-8-9-20(14-18(17)2)36(33,34)29-12-10-19(11-13-29)25(32)35-16-24(31)28(3)15-23(30)27-22-7-5-4-6-21(22)26/h4-9,14,19H,10-13,15-16H2,1-3H3,(H,27,30). The van der Waals surface area contributed by atoms with Crippen molar-refractivity contribution in [2.75, 3.05) is 38.6 Å². The number of likely N-dealkylation sites (N-methyl/N-ethyl adjacent to an activating group) is 1. The number of aryl methyl sites for hydroxylation is 2. The third kappa shape index (κ3) is 6.83. The number of carbonyl (C=O) groups excluding carboxylic acids is 3. The van der Waals surface area contributed by atoms with Crippen LogP contribution in [0.1, 0.15) is 24.0 Å². The number of benzene rings is 2. The zero-order valence-electron chi connectivity index (χ0n) is 20.5. The van der Waals surface area contributed by atoms with Crippen LogP contribution in [0, 0.1) is 19.8 Å². The predicted molar refractivity (Wildman–Crippen MR) is 136 cm³/mol. The highest BCUT2D eigenvalue weighted by atomic mass is 35.5. The average molecular weight is 536 g/mol. The quantitative estimate of drug-likeness (QED) is 0.520. The van der Waals surface area contributed by atoms with E-state index in [2.05, 4.69) is 5.32 Å². The third-order valence-corrected chi connectivity index (χ3v) is 8.42. The van der Waals surface area contributed by atoms with Crippen molar-refractivity contribution in [1.82, 2.24) is 9.21 Å². The van der Waals surface area contributed by atoms with E-state index in [1.54, 1.807) is 42.5 Å². The summed E-state index contributed by atoms with van der Waals surface area (Å²) in [6.45, 7) is 3.41. The molecule has 2 amide bonds. The zero-order valence-corrected chi connectivity index (χ0v) is 22.1. The van der Waals surface area contributed by atoms with E-state index >= 15 is 0 Å². The number of sulfonamides is 1. The Balaban J connectivity index is 1.45. The van der Waals surface area contributed by atoms with E-state index in [1.807, 2.05) is 13.8 Å². The summed E-state index contributed by atoms with van der Waals surface area (Å²) < 4.78 is 32.5. The molecule has 1 aliphatic rings. The molecule has 2 aromatic rings. The Labute approximate surface area is 216 Å². The molecule has 0 bridgehead atoms. The third-order valence-electron chi connectivity index (χ3n) is 6.20. The minimum Gasteiger partial charge on any atom is -0.455 e. The summed E-state index contributed by atoms with van der Waals surface area (Å²) in [6, 6.07) is 11.8. The van der Waals surface area contributed by atoms with Crippen LogP contribution in [-0.2, 0) is 29.1 Å². The van der Waals surface area contributed by atoms with Crippen LogP contribution >= 0.6 is 11.6 Å². The lowest BCUT2D eigenvalue weighted by Crippen LogP contribution is -2.41. The molecule has 0 radical (unpaired) electrons. The summed E-state index contributed by atoms with van der Waals surface area (Å²) >= 11 is 6.01. The van der Waals surface area contributed by atoms with E-state index in [4.69, 9.17) is 16.3 Å². The SMILES string of the molecule is Cc1ccc(S(=O)(=O)N2CCC(C(=O)OCC(=O)N(C)CC(=O)Nc3ccccc3Cl)CC2)cc1C. The van der Waals surface area contributed by atoms with Gasteiger partial charge in [-0.1, -0.05) is 29.8 Å². The number of anilines is 1. The fourth-order valence-electron chi connectivity index (χ4n) is 3.77. The molecule has 1 aliphatic heterocycles. The Kier molecular flexibility index (Phi) is 9.10. The molecule has 1 N–H and O–H groups in total. The van der Waals surface area contributed by atoms with Crippen LogP contribution in [0.4, 0.5) is 5.69 Å². The number of ether oxygens (including phenoxy) is 1. The number of para-hydroxylation sites is 1. The second-order valence-electron chi connectivity index (χ2n) is 8.81. The summed E-state index contributed by atoms with van der Waals surface area (Å²) in [4.78, 5) is 38.4. The first-order valence-electron chi connectivity index (χ1n) is 11.5. The maximum atomic E-state index is 13.0. The van der Waals surface area contributed by atoms with Crippen molar-refractivity contribution in [3.8, 4) is 0 Å². The van der Waals surface area contributed by atoms with Gasteiger partial charge in [-0.3, -0.25) is 14.4 Å². The lowest BCUT2D eigenvalue weighted by Gasteiger charge is -2.30. The molecule has 0 unspecified atom stereocenters. The van der Waals surface area contributed by atoms with Crippen LogP contribution in [0.15, 0.2) is 47.4 Å². The number of esters is 1. The van der Waals surface area contributed by atoms with Crippen LogP contribution in [-0.4, -0.2) is 68.7 Å². The first kappa shape index (κ1) is 27.6. The zero-order chi connectivity index (χ0) is 26.5. The summed E-state index contributed by atoms with van der Waals surface area (Å²) in [7, 11) is -2.22. The van der Waals surface area contributed by atoms with Gasteiger partial charge in [0.05, 0.1) is 28.1 Å². The molecule has 11 heteroatoms. The van der Waals surface area contributed by atoms with Crippen LogP contribution < -0.4 is 5.32 Å². The Bertz CT molecular complexity index is 1240. The van der Waals surface area contributed by atoms with Gasteiger partial charge < -0.3 is 15.0 Å². The molecule has 36 heavy (non-hydrogen) atoms. The van der Waals surface area contributed by atoms with Gasteiger partial charge in [0.15, 0.2) is 6.61 Å². The van der Waals surface area contributed by atoms with Crippen molar-refractivity contribution in [2.24, 2.45) is 5.92 Å². The van der Waals surface area contributed by atoms with Gasteiger partial charge in [-0.15, -0.1) is 0 Å². The predicted octanol–water partition coefficient (Wildman–Crippen LogP) is 3.00. The van der Waals surface area contributed by atoms with Crippen molar-refractivity contribution < 1.29 is 27.5 Å². The number of nitrogens with one attached hydrogen (secondary N) is 1. The minimum absolute atomic E-state index is 0.186. The topological polar surface area (TPSA) is 113 Å². The van der Waals surface area contributed by atoms with E-state index in [0.717, 1.165) is 16.0 Å². The van der Waals surface area contributed by atoms with Crippen LogP contribution in [0.2, 0.25) is 5.02 Å². The first-order chi connectivity index (χ1) is 17.0. The molecule has 3 rings (SSSR count). The lowest BCUT2D eigenvalue weighted by atomic mass is 9.98. The summed E-state index contributed by atoms with van der Waals surface area (Å²) in [6.07, 6.45) is 0.598. The molecule has 2 aromatic carbocycles. The molecule has 194 valence electrons. The molecule has 0 saturated carbocycles. The Morgan fingerprint density at radius 2 is 1.75 bits per heavy atom. The fraction of sp³-hybridized carbons (Fsp3) is 0.400. The monoisotopic (exact) mass is 535 g/mol. The molecule has 1 fully saturated rings. The Hall–Kier alpha value is -2.95. The number of amides is 2. The highest BCUT2D eigenvalue weighted by Gasteiger charge is 2.33. The summed E-state index contributed by atoms with van der Waals surface area (Å²) in [5.41, 5.74) is 2.34. The highest BCUT2D eigenvalue weighted by molar-refractivity contribution is 7.89. The Morgan fingerprint density at radius 1 is 1.08 bits per heavy atom. The summed E-state index contributed by atoms with van der Waals surface area (Å²) in [5, 5.41) is 3.00. The molecule has 9 nitrogen and oxygen atoms in total. The number of hydrogen-bond acceptors (Lipinski definition) is 6. The van der Waals surface area contributed by atoms with Gasteiger partial charge in [-0.05, 0) is 62.1 Å². The normalized spacial score (nSPS) is 14.8. The molecular weight excluding hydrogens is 506 g/mol. The van der Waals surface area contributed by atoms with Crippen molar-refractivity contribution >= 4 is 45.1 Å². The number of nitrogens with zero attached hydrogens (tertiary/aromatic N) is 2. The van der Waals surface area contributed by atoms with E-state index in [0.29, 0.717) is 23.6 Å². The molecule has 0 aromatic heterocycles. The molecule has 1 saturated heterocycles. The highest BCUT2D eigenvalue weighted by Crippen LogP contribution is 2.26. The van der Waals surface area contributed by atoms with Crippen molar-refractivity contribution in [3.05, 3.63) is 58.6 Å². The minimum atomic E-state index is -3.65. The van der Waals surface area contributed by atoms with Crippen LogP contribution in [0.5, 0.6) is 0 Å². The second-order valence-corrected chi connectivity index (χ2v) is 11.2. The number of rotatable bonds is 8. The maximum Gasteiger partial charge on any atom is 0.309 e. The number of piperidine rings is 1. The Morgan fingerprint density at radius 3 is 2.39 bits per heavy atom. The maximum absolute atomic E-state index is 13.0. The number of hydrogen-bond donors (Lipinski definition) is 1. The van der Waals surface area contributed by atoms with Gasteiger partial charge in [-0.25, -0.2) is 8.42 Å². The molecule has 0 atom stereocenters. The molecule has 1 heterocycles. The van der Waals surface area contributed by atoms with Gasteiger partial charge in [0.25, 0.3) is 5.91 Å². The van der Waals surface area contributed by atoms with Gasteiger partial charge in [-0.2, -0.15) is 4.31 Å². The van der Waals surface area contributed by atoms with E-state index in [9.17, 15) is 22.8 Å². The second kappa shape index (κ2) is 11.9. The van der Waals surface area contributed by atoms with Gasteiger partial charge in [0.2, 0.25) is 15.9 Å².